The summed E-state index contributed by atoms with van der Waals surface area (Å²) < 4.78 is 28.2. The van der Waals surface area contributed by atoms with E-state index in [0.29, 0.717) is 5.41 Å². The Morgan fingerprint density at radius 3 is 1.43 bits per heavy atom. The van der Waals surface area contributed by atoms with Crippen molar-refractivity contribution in [2.45, 2.75) is 83.7 Å². The first-order valence-electron chi connectivity index (χ1n) is 11.1. The molecule has 0 aromatic carbocycles. The Morgan fingerprint density at radius 1 is 0.679 bits per heavy atom. The number of hydrogen-bond donors (Lipinski definition) is 1. The fourth-order valence-corrected chi connectivity index (χ4v) is 4.69. The van der Waals surface area contributed by atoms with E-state index < -0.39 is 0 Å². The lowest BCUT2D eigenvalue weighted by atomic mass is 9.74. The number of aliphatic hydroxyl groups excluding tert-OH is 1. The Balaban J connectivity index is 0.000000162. The van der Waals surface area contributed by atoms with E-state index >= 15 is 0 Å². The summed E-state index contributed by atoms with van der Waals surface area (Å²) in [4.78, 5) is 0. The molecule has 164 valence electrons. The Labute approximate surface area is 170 Å². The summed E-state index contributed by atoms with van der Waals surface area (Å²) in [6.07, 6.45) is 8.22. The second kappa shape index (κ2) is 9.27. The summed E-state index contributed by atoms with van der Waals surface area (Å²) in [7, 11) is 0. The van der Waals surface area contributed by atoms with Crippen molar-refractivity contribution in [3.8, 4) is 0 Å². The average molecular weight is 401 g/mol. The van der Waals surface area contributed by atoms with Gasteiger partial charge in [-0.15, -0.1) is 0 Å². The Hall–Kier alpha value is -0.240. The predicted molar refractivity (Wildman–Crippen MR) is 106 cm³/mol. The maximum atomic E-state index is 9.20. The molecule has 2 spiro atoms. The van der Waals surface area contributed by atoms with Crippen LogP contribution in [0.1, 0.15) is 72.1 Å². The van der Waals surface area contributed by atoms with Crippen LogP contribution in [0.3, 0.4) is 0 Å². The molecular weight excluding hydrogens is 360 g/mol. The van der Waals surface area contributed by atoms with Gasteiger partial charge in [0.15, 0.2) is 11.6 Å². The summed E-state index contributed by atoms with van der Waals surface area (Å²) >= 11 is 0. The molecule has 0 bridgehead atoms. The number of hydrogen-bond acceptors (Lipinski definition) is 6. The molecule has 2 saturated carbocycles. The molecule has 4 rings (SSSR count). The maximum Gasteiger partial charge on any atom is 0.168 e. The molecule has 2 aliphatic heterocycles. The van der Waals surface area contributed by atoms with Gasteiger partial charge in [-0.3, -0.25) is 0 Å². The molecule has 0 radical (unpaired) electrons. The van der Waals surface area contributed by atoms with Crippen molar-refractivity contribution >= 4 is 0 Å². The molecule has 6 heteroatoms. The summed E-state index contributed by atoms with van der Waals surface area (Å²) in [5, 5.41) is 9.20. The van der Waals surface area contributed by atoms with Gasteiger partial charge < -0.3 is 28.8 Å². The molecule has 0 aromatic rings. The maximum absolute atomic E-state index is 9.20. The van der Waals surface area contributed by atoms with Gasteiger partial charge in [0.05, 0.1) is 33.0 Å². The molecule has 28 heavy (non-hydrogen) atoms. The minimum Gasteiger partial charge on any atom is -0.396 e. The highest BCUT2D eigenvalue weighted by Gasteiger charge is 2.45. The molecule has 2 heterocycles. The van der Waals surface area contributed by atoms with Crippen LogP contribution in [0.5, 0.6) is 0 Å². The molecule has 4 fully saturated rings. The van der Waals surface area contributed by atoms with Crippen LogP contribution in [0.15, 0.2) is 0 Å². The van der Waals surface area contributed by atoms with Crippen molar-refractivity contribution < 1.29 is 28.8 Å². The monoisotopic (exact) mass is 400 g/mol. The summed E-state index contributed by atoms with van der Waals surface area (Å²) in [6, 6.07) is 0. The molecule has 0 aromatic heterocycles. The number of rotatable bonds is 4. The van der Waals surface area contributed by atoms with Gasteiger partial charge >= 0.3 is 0 Å². The molecule has 2 aliphatic carbocycles. The lowest BCUT2D eigenvalue weighted by molar-refractivity contribution is -0.194. The van der Waals surface area contributed by atoms with Crippen molar-refractivity contribution in [1.29, 1.82) is 0 Å². The fourth-order valence-electron chi connectivity index (χ4n) is 4.69. The van der Waals surface area contributed by atoms with E-state index in [1.54, 1.807) is 0 Å². The van der Waals surface area contributed by atoms with Crippen LogP contribution >= 0.6 is 0 Å². The van der Waals surface area contributed by atoms with E-state index in [2.05, 4.69) is 20.8 Å². The highest BCUT2D eigenvalue weighted by atomic mass is 16.7. The van der Waals surface area contributed by atoms with Crippen molar-refractivity contribution in [2.75, 3.05) is 46.2 Å². The predicted octanol–water partition coefficient (Wildman–Crippen LogP) is 3.65. The topological polar surface area (TPSA) is 66.4 Å². The fraction of sp³-hybridized carbons (Fsp3) is 1.00. The van der Waals surface area contributed by atoms with Crippen LogP contribution in [0, 0.1) is 10.8 Å². The first-order chi connectivity index (χ1) is 13.4. The van der Waals surface area contributed by atoms with Gasteiger partial charge in [0.2, 0.25) is 0 Å². The van der Waals surface area contributed by atoms with Crippen LogP contribution in [-0.2, 0) is 23.7 Å². The van der Waals surface area contributed by atoms with Gasteiger partial charge in [0.1, 0.15) is 0 Å². The van der Waals surface area contributed by atoms with E-state index in [9.17, 15) is 5.11 Å². The second-order valence-corrected chi connectivity index (χ2v) is 9.63. The highest BCUT2D eigenvalue weighted by molar-refractivity contribution is 4.89. The lowest BCUT2D eigenvalue weighted by Gasteiger charge is -2.41. The standard InChI is InChI=1S/C12H22O3.C10H18O3/c1-3-13-10-11(2)4-6-12(7-5-11)14-8-9-15-12;1-9(8-11)2-4-10(5-3-9)12-6-7-13-10/h3-10H2,1-2H3;11H,2-8H2,1H3. The molecule has 6 nitrogen and oxygen atoms in total. The molecule has 2 saturated heterocycles. The van der Waals surface area contributed by atoms with Crippen molar-refractivity contribution in [3.63, 3.8) is 0 Å². The van der Waals surface area contributed by atoms with Gasteiger partial charge in [0, 0.05) is 38.9 Å². The quantitative estimate of drug-likeness (QED) is 0.777. The number of ether oxygens (including phenoxy) is 5. The van der Waals surface area contributed by atoms with E-state index in [1.807, 2.05) is 0 Å². The third kappa shape index (κ3) is 5.46. The van der Waals surface area contributed by atoms with Crippen LogP contribution in [0.4, 0.5) is 0 Å². The minimum absolute atomic E-state index is 0.0978. The van der Waals surface area contributed by atoms with E-state index in [0.717, 1.165) is 91.0 Å². The zero-order valence-electron chi connectivity index (χ0n) is 18.1. The molecule has 0 atom stereocenters. The van der Waals surface area contributed by atoms with Crippen molar-refractivity contribution in [3.05, 3.63) is 0 Å². The summed E-state index contributed by atoms with van der Waals surface area (Å²) in [5.74, 6) is -0.513. The summed E-state index contributed by atoms with van der Waals surface area (Å²) in [5.41, 5.74) is 0.428. The average Bonchev–Trinajstić information content (AvgIpc) is 3.37. The Kier molecular flexibility index (Phi) is 7.43. The smallest absolute Gasteiger partial charge is 0.168 e. The Morgan fingerprint density at radius 2 is 1.07 bits per heavy atom. The van der Waals surface area contributed by atoms with Crippen molar-refractivity contribution in [1.82, 2.24) is 0 Å². The zero-order chi connectivity index (χ0) is 20.1. The third-order valence-corrected chi connectivity index (χ3v) is 7.10. The van der Waals surface area contributed by atoms with Gasteiger partial charge in [-0.25, -0.2) is 0 Å². The van der Waals surface area contributed by atoms with Crippen LogP contribution in [-0.4, -0.2) is 62.9 Å². The summed E-state index contributed by atoms with van der Waals surface area (Å²) in [6.45, 7) is 11.5. The zero-order valence-corrected chi connectivity index (χ0v) is 18.1. The molecule has 4 aliphatic rings. The normalized spacial score (nSPS) is 33.0. The van der Waals surface area contributed by atoms with Crippen LogP contribution in [0.2, 0.25) is 0 Å². The van der Waals surface area contributed by atoms with Crippen LogP contribution in [0.25, 0.3) is 0 Å². The van der Waals surface area contributed by atoms with Gasteiger partial charge in [-0.05, 0) is 43.4 Å². The first-order valence-corrected chi connectivity index (χ1v) is 11.1. The van der Waals surface area contributed by atoms with E-state index in [1.165, 1.54) is 0 Å². The van der Waals surface area contributed by atoms with Crippen LogP contribution < -0.4 is 0 Å². The first kappa shape index (κ1) is 22.4. The van der Waals surface area contributed by atoms with Gasteiger partial charge in [0.25, 0.3) is 0 Å². The second-order valence-electron chi connectivity index (χ2n) is 9.63. The van der Waals surface area contributed by atoms with E-state index in [-0.39, 0.29) is 23.6 Å². The van der Waals surface area contributed by atoms with Gasteiger partial charge in [-0.2, -0.15) is 0 Å². The minimum atomic E-state index is -0.283. The molecule has 0 amide bonds. The largest absolute Gasteiger partial charge is 0.396 e. The number of aliphatic hydroxyl groups is 1. The van der Waals surface area contributed by atoms with Crippen molar-refractivity contribution in [2.24, 2.45) is 10.8 Å². The SMILES string of the molecule is CC1(CO)CCC2(CC1)OCCO2.CCOCC1(C)CCC2(CC1)OCCO2. The third-order valence-electron chi connectivity index (χ3n) is 7.10. The lowest BCUT2D eigenvalue weighted by Crippen LogP contribution is -2.40. The Bertz CT molecular complexity index is 461. The molecule has 1 N–H and O–H groups in total. The van der Waals surface area contributed by atoms with Gasteiger partial charge in [-0.1, -0.05) is 13.8 Å². The van der Waals surface area contributed by atoms with E-state index in [4.69, 9.17) is 23.7 Å². The molecule has 0 unspecified atom stereocenters. The highest BCUT2D eigenvalue weighted by Crippen LogP contribution is 2.45. The molecular formula is C22H40O6.